The Balaban J connectivity index is 1.36. The van der Waals surface area contributed by atoms with Crippen molar-refractivity contribution in [2.24, 2.45) is 23.4 Å². The molecule has 2 aromatic rings. The van der Waals surface area contributed by atoms with Gasteiger partial charge in [-0.25, -0.2) is 4.99 Å². The zero-order chi connectivity index (χ0) is 20.7. The van der Waals surface area contributed by atoms with Crippen molar-refractivity contribution in [1.82, 2.24) is 25.4 Å². The van der Waals surface area contributed by atoms with Crippen LogP contribution >= 0.6 is 0 Å². The molecule has 1 saturated heterocycles. The minimum absolute atomic E-state index is 0.159. The van der Waals surface area contributed by atoms with Crippen LogP contribution in [0.25, 0.3) is 0 Å². The summed E-state index contributed by atoms with van der Waals surface area (Å²) in [4.78, 5) is 4.92. The highest BCUT2D eigenvalue weighted by Crippen LogP contribution is 2.62. The number of aromatic nitrogens is 3. The molecule has 1 aromatic heterocycles. The van der Waals surface area contributed by atoms with Gasteiger partial charge < -0.3 is 19.9 Å². The van der Waals surface area contributed by atoms with Gasteiger partial charge in [-0.2, -0.15) is 0 Å². The number of hydrogen-bond acceptors (Lipinski definition) is 4. The summed E-state index contributed by atoms with van der Waals surface area (Å²) >= 11 is 0. The minimum Gasteiger partial charge on any atom is -0.377 e. The number of ether oxygens (including phenoxy) is 1. The van der Waals surface area contributed by atoms with Gasteiger partial charge in [-0.05, 0) is 38.7 Å². The van der Waals surface area contributed by atoms with Crippen molar-refractivity contribution >= 4 is 5.96 Å². The number of benzene rings is 1. The minimum atomic E-state index is 0.159. The van der Waals surface area contributed by atoms with Gasteiger partial charge in [0.05, 0.1) is 12.1 Å². The Morgan fingerprint density at radius 3 is 2.77 bits per heavy atom. The van der Waals surface area contributed by atoms with Crippen LogP contribution in [0.15, 0.2) is 35.3 Å². The number of fused-ring (bicyclic) bond motifs is 2. The van der Waals surface area contributed by atoms with Gasteiger partial charge >= 0.3 is 0 Å². The molecule has 0 amide bonds. The first-order valence-corrected chi connectivity index (χ1v) is 11.2. The molecule has 3 aliphatic rings. The molecule has 30 heavy (non-hydrogen) atoms. The Labute approximate surface area is 178 Å². The molecule has 5 rings (SSSR count). The van der Waals surface area contributed by atoms with Crippen LogP contribution < -0.4 is 10.6 Å². The van der Waals surface area contributed by atoms with Gasteiger partial charge in [0.1, 0.15) is 12.4 Å². The normalized spacial score (nSPS) is 27.8. The molecule has 2 heterocycles. The zero-order valence-electron chi connectivity index (χ0n) is 18.1. The number of aliphatic imine (C=N–C) groups is 1. The van der Waals surface area contributed by atoms with Crippen molar-refractivity contribution in [2.75, 3.05) is 6.61 Å². The van der Waals surface area contributed by atoms with Gasteiger partial charge in [-0.3, -0.25) is 0 Å². The van der Waals surface area contributed by atoms with E-state index in [2.05, 4.69) is 58.1 Å². The highest BCUT2D eigenvalue weighted by atomic mass is 16.5. The van der Waals surface area contributed by atoms with E-state index in [0.717, 1.165) is 30.6 Å². The standard InChI is InChI=1S/C23H32N6O/c1-15(17-8-5-4-6-9-17)25-22(24-14-19-28-27-16(2)29(19)3)26-20-18-10-13-30-21(18)23(20)11-7-12-23/h4-6,8-9,15,18,20-21H,7,10-14H2,1-3H3,(H2,24,25,26). The molecule has 0 bridgehead atoms. The number of rotatable bonds is 5. The second kappa shape index (κ2) is 7.69. The van der Waals surface area contributed by atoms with Crippen LogP contribution in [0.5, 0.6) is 0 Å². The van der Waals surface area contributed by atoms with E-state index in [-0.39, 0.29) is 6.04 Å². The molecule has 160 valence electrons. The first-order chi connectivity index (χ1) is 14.6. The lowest BCUT2D eigenvalue weighted by molar-refractivity contribution is -0.171. The molecule has 7 heteroatoms. The second-order valence-corrected chi connectivity index (χ2v) is 9.12. The summed E-state index contributed by atoms with van der Waals surface area (Å²) in [6, 6.07) is 11.1. The number of aryl methyl sites for hydroxylation is 1. The predicted molar refractivity (Wildman–Crippen MR) is 116 cm³/mol. The maximum Gasteiger partial charge on any atom is 0.192 e. The fourth-order valence-corrected chi connectivity index (χ4v) is 5.50. The molecule has 1 aliphatic heterocycles. The van der Waals surface area contributed by atoms with Crippen LogP contribution in [0.2, 0.25) is 0 Å². The summed E-state index contributed by atoms with van der Waals surface area (Å²) in [5.41, 5.74) is 1.55. The molecule has 2 aliphatic carbocycles. The lowest BCUT2D eigenvalue weighted by Gasteiger charge is -2.63. The molecular weight excluding hydrogens is 376 g/mol. The molecule has 2 saturated carbocycles. The molecular formula is C23H32N6O. The number of hydrogen-bond donors (Lipinski definition) is 2. The fourth-order valence-electron chi connectivity index (χ4n) is 5.50. The quantitative estimate of drug-likeness (QED) is 0.588. The van der Waals surface area contributed by atoms with Crippen LogP contribution in [-0.2, 0) is 18.3 Å². The van der Waals surface area contributed by atoms with Crippen LogP contribution in [0, 0.1) is 18.3 Å². The van der Waals surface area contributed by atoms with E-state index in [4.69, 9.17) is 9.73 Å². The molecule has 4 atom stereocenters. The lowest BCUT2D eigenvalue weighted by Crippen LogP contribution is -2.72. The zero-order valence-corrected chi connectivity index (χ0v) is 18.1. The van der Waals surface area contributed by atoms with Crippen LogP contribution in [0.4, 0.5) is 0 Å². The predicted octanol–water partition coefficient (Wildman–Crippen LogP) is 2.88. The van der Waals surface area contributed by atoms with E-state index in [9.17, 15) is 0 Å². The molecule has 2 N–H and O–H groups in total. The smallest absolute Gasteiger partial charge is 0.192 e. The van der Waals surface area contributed by atoms with Gasteiger partial charge in [0.25, 0.3) is 0 Å². The molecule has 1 aromatic carbocycles. The molecule has 7 nitrogen and oxygen atoms in total. The van der Waals surface area contributed by atoms with Gasteiger partial charge in [-0.1, -0.05) is 36.8 Å². The first kappa shape index (κ1) is 19.5. The van der Waals surface area contributed by atoms with Crippen molar-refractivity contribution in [2.45, 2.75) is 64.3 Å². The summed E-state index contributed by atoms with van der Waals surface area (Å²) in [7, 11) is 1.99. The Hall–Kier alpha value is -2.41. The highest BCUT2D eigenvalue weighted by molar-refractivity contribution is 5.81. The summed E-state index contributed by atoms with van der Waals surface area (Å²) in [6.07, 6.45) is 5.42. The number of nitrogens with zero attached hydrogens (tertiary/aromatic N) is 4. The Bertz CT molecular complexity index is 919. The van der Waals surface area contributed by atoms with Crippen molar-refractivity contribution in [3.05, 3.63) is 47.5 Å². The van der Waals surface area contributed by atoms with E-state index in [1.807, 2.05) is 18.5 Å². The fraction of sp³-hybridized carbons (Fsp3) is 0.609. The van der Waals surface area contributed by atoms with Crippen molar-refractivity contribution in [1.29, 1.82) is 0 Å². The summed E-state index contributed by atoms with van der Waals surface area (Å²) < 4.78 is 8.10. The van der Waals surface area contributed by atoms with Crippen molar-refractivity contribution in [3.63, 3.8) is 0 Å². The van der Waals surface area contributed by atoms with Crippen LogP contribution in [0.1, 0.15) is 55.9 Å². The highest BCUT2D eigenvalue weighted by Gasteiger charge is 2.66. The van der Waals surface area contributed by atoms with Gasteiger partial charge in [0.15, 0.2) is 11.8 Å². The topological polar surface area (TPSA) is 76.4 Å². The number of nitrogens with one attached hydrogen (secondary N) is 2. The first-order valence-electron chi connectivity index (χ1n) is 11.2. The van der Waals surface area contributed by atoms with Gasteiger partial charge in [0, 0.05) is 31.0 Å². The molecule has 3 fully saturated rings. The average Bonchev–Trinajstić information content (AvgIpc) is 3.28. The van der Waals surface area contributed by atoms with Gasteiger partial charge in [0.2, 0.25) is 0 Å². The third kappa shape index (κ3) is 3.20. The van der Waals surface area contributed by atoms with Gasteiger partial charge in [-0.15, -0.1) is 10.2 Å². The van der Waals surface area contributed by atoms with E-state index in [1.165, 1.54) is 24.8 Å². The average molecular weight is 409 g/mol. The van der Waals surface area contributed by atoms with E-state index < -0.39 is 0 Å². The third-order valence-electron chi connectivity index (χ3n) is 7.54. The Kier molecular flexibility index (Phi) is 5.01. The van der Waals surface area contributed by atoms with Crippen LogP contribution in [0.3, 0.4) is 0 Å². The monoisotopic (exact) mass is 408 g/mol. The SMILES string of the molecule is Cc1nnc(CN=C(NC(C)c2ccccc2)NC2C3CCOC3C23CCC3)n1C. The molecule has 0 radical (unpaired) electrons. The van der Waals surface area contributed by atoms with E-state index in [0.29, 0.717) is 30.0 Å². The summed E-state index contributed by atoms with van der Waals surface area (Å²) in [5, 5.41) is 15.9. The second-order valence-electron chi connectivity index (χ2n) is 9.12. The van der Waals surface area contributed by atoms with Crippen molar-refractivity contribution in [3.8, 4) is 0 Å². The largest absolute Gasteiger partial charge is 0.377 e. The Morgan fingerprint density at radius 1 is 1.30 bits per heavy atom. The van der Waals surface area contributed by atoms with Crippen molar-refractivity contribution < 1.29 is 4.74 Å². The molecule has 1 spiro atoms. The lowest BCUT2D eigenvalue weighted by atomic mass is 9.46. The maximum atomic E-state index is 6.10. The van der Waals surface area contributed by atoms with E-state index >= 15 is 0 Å². The summed E-state index contributed by atoms with van der Waals surface area (Å²) in [5.74, 6) is 3.23. The number of guanidine groups is 1. The molecule has 4 unspecified atom stereocenters. The maximum absolute atomic E-state index is 6.10. The van der Waals surface area contributed by atoms with E-state index in [1.54, 1.807) is 0 Å². The summed E-state index contributed by atoms with van der Waals surface area (Å²) in [6.45, 7) is 5.54. The Morgan fingerprint density at radius 2 is 2.10 bits per heavy atom. The third-order valence-corrected chi connectivity index (χ3v) is 7.54. The van der Waals surface area contributed by atoms with Crippen LogP contribution in [-0.4, -0.2) is 39.5 Å².